The maximum atomic E-state index is 13.6. The summed E-state index contributed by atoms with van der Waals surface area (Å²) in [5.41, 5.74) is 5.69. The molecule has 2 nitrogen and oxygen atoms in total. The maximum absolute atomic E-state index is 13.6. The first-order chi connectivity index (χ1) is 7.99. The normalized spacial score (nSPS) is 10.5. The molecule has 2 rings (SSSR count). The van der Waals surface area contributed by atoms with Crippen molar-refractivity contribution in [3.63, 3.8) is 0 Å². The molecule has 1 heterocycles. The van der Waals surface area contributed by atoms with Crippen molar-refractivity contribution >= 4 is 50.3 Å². The SMILES string of the molecule is Nc1ccc(C(=O)c2cc(Br)c(Cl)s2)c(F)c1. The lowest BCUT2D eigenvalue weighted by Gasteiger charge is -2.01. The third-order valence-electron chi connectivity index (χ3n) is 2.11. The van der Waals surface area contributed by atoms with Gasteiger partial charge in [0.2, 0.25) is 5.78 Å². The fraction of sp³-hybridized carbons (Fsp3) is 0. The van der Waals surface area contributed by atoms with Gasteiger partial charge in [-0.25, -0.2) is 4.39 Å². The second-order valence-electron chi connectivity index (χ2n) is 3.30. The molecule has 0 aliphatic heterocycles. The largest absolute Gasteiger partial charge is 0.399 e. The molecule has 17 heavy (non-hydrogen) atoms. The molecule has 0 amide bonds. The Morgan fingerprint density at radius 1 is 1.41 bits per heavy atom. The lowest BCUT2D eigenvalue weighted by molar-refractivity contribution is 0.103. The van der Waals surface area contributed by atoms with Crippen molar-refractivity contribution in [3.8, 4) is 0 Å². The van der Waals surface area contributed by atoms with Crippen LogP contribution >= 0.6 is 38.9 Å². The second-order valence-corrected chi connectivity index (χ2v) is 5.81. The summed E-state index contributed by atoms with van der Waals surface area (Å²) in [6.07, 6.45) is 0. The first-order valence-corrected chi connectivity index (χ1v) is 6.52. The van der Waals surface area contributed by atoms with Crippen LogP contribution in [-0.4, -0.2) is 5.78 Å². The fourth-order valence-electron chi connectivity index (χ4n) is 1.31. The van der Waals surface area contributed by atoms with Gasteiger partial charge in [-0.3, -0.25) is 4.79 Å². The number of carbonyl (C=O) groups excluding carboxylic acids is 1. The quantitative estimate of drug-likeness (QED) is 0.663. The summed E-state index contributed by atoms with van der Waals surface area (Å²) >= 11 is 10.1. The molecular weight excluding hydrogens is 329 g/mol. The van der Waals surface area contributed by atoms with Gasteiger partial charge in [-0.15, -0.1) is 11.3 Å². The van der Waals surface area contributed by atoms with Crippen molar-refractivity contribution in [1.29, 1.82) is 0 Å². The average molecular weight is 335 g/mol. The van der Waals surface area contributed by atoms with E-state index >= 15 is 0 Å². The number of halogens is 3. The Labute approximate surface area is 114 Å². The molecule has 1 aromatic heterocycles. The predicted molar refractivity (Wildman–Crippen MR) is 71.3 cm³/mol. The van der Waals surface area contributed by atoms with Crippen LogP contribution < -0.4 is 5.73 Å². The lowest BCUT2D eigenvalue weighted by atomic mass is 10.1. The average Bonchev–Trinajstić information content (AvgIpc) is 2.58. The van der Waals surface area contributed by atoms with Gasteiger partial charge in [-0.1, -0.05) is 11.6 Å². The Balaban J connectivity index is 2.43. The minimum Gasteiger partial charge on any atom is -0.399 e. The summed E-state index contributed by atoms with van der Waals surface area (Å²) in [5.74, 6) is -1.03. The Bertz CT molecular complexity index is 580. The Morgan fingerprint density at radius 3 is 2.65 bits per heavy atom. The van der Waals surface area contributed by atoms with Crippen LogP contribution in [0.5, 0.6) is 0 Å². The number of anilines is 1. The Kier molecular flexibility index (Phi) is 3.51. The highest BCUT2D eigenvalue weighted by Crippen LogP contribution is 2.33. The summed E-state index contributed by atoms with van der Waals surface area (Å²) in [6, 6.07) is 5.55. The number of hydrogen-bond donors (Lipinski definition) is 1. The maximum Gasteiger partial charge on any atom is 0.205 e. The number of benzene rings is 1. The molecule has 0 fully saturated rings. The zero-order chi connectivity index (χ0) is 12.6. The molecule has 0 bridgehead atoms. The van der Waals surface area contributed by atoms with Gasteiger partial charge in [0.05, 0.1) is 10.4 Å². The molecule has 2 aromatic rings. The first-order valence-electron chi connectivity index (χ1n) is 4.53. The van der Waals surface area contributed by atoms with E-state index in [1.54, 1.807) is 6.07 Å². The van der Waals surface area contributed by atoms with Gasteiger partial charge in [0.1, 0.15) is 10.2 Å². The number of hydrogen-bond acceptors (Lipinski definition) is 3. The van der Waals surface area contributed by atoms with Gasteiger partial charge >= 0.3 is 0 Å². The van der Waals surface area contributed by atoms with Crippen molar-refractivity contribution in [3.05, 3.63) is 49.3 Å². The minimum atomic E-state index is -0.629. The molecule has 0 radical (unpaired) electrons. The van der Waals surface area contributed by atoms with Gasteiger partial charge in [0.15, 0.2) is 0 Å². The van der Waals surface area contributed by atoms with Crippen LogP contribution in [0.4, 0.5) is 10.1 Å². The molecule has 0 unspecified atom stereocenters. The molecule has 0 atom stereocenters. The molecular formula is C11H6BrClFNOS. The summed E-state index contributed by atoms with van der Waals surface area (Å²) in [7, 11) is 0. The number of thiophene rings is 1. The van der Waals surface area contributed by atoms with Gasteiger partial charge < -0.3 is 5.73 Å². The summed E-state index contributed by atoms with van der Waals surface area (Å²) in [4.78, 5) is 12.4. The van der Waals surface area contributed by atoms with Crippen molar-refractivity contribution in [2.75, 3.05) is 5.73 Å². The number of carbonyl (C=O) groups is 1. The van der Waals surface area contributed by atoms with Crippen LogP contribution in [-0.2, 0) is 0 Å². The van der Waals surface area contributed by atoms with E-state index in [1.807, 2.05) is 0 Å². The number of ketones is 1. The topological polar surface area (TPSA) is 43.1 Å². The van der Waals surface area contributed by atoms with Gasteiger partial charge in [0.25, 0.3) is 0 Å². The molecule has 0 aliphatic carbocycles. The van der Waals surface area contributed by atoms with E-state index in [4.69, 9.17) is 17.3 Å². The molecule has 1 aromatic carbocycles. The standard InChI is InChI=1S/C11H6BrClFNOS/c12-7-4-9(17-11(7)13)10(16)6-2-1-5(15)3-8(6)14/h1-4H,15H2. The number of nitrogens with two attached hydrogens (primary N) is 1. The number of rotatable bonds is 2. The molecule has 0 spiro atoms. The van der Waals surface area contributed by atoms with E-state index in [-0.39, 0.29) is 11.3 Å². The monoisotopic (exact) mass is 333 g/mol. The zero-order valence-corrected chi connectivity index (χ0v) is 11.5. The van der Waals surface area contributed by atoms with Crippen LogP contribution in [0.3, 0.4) is 0 Å². The molecule has 6 heteroatoms. The molecule has 0 aliphatic rings. The smallest absolute Gasteiger partial charge is 0.205 e. The van der Waals surface area contributed by atoms with E-state index in [2.05, 4.69) is 15.9 Å². The highest BCUT2D eigenvalue weighted by Gasteiger charge is 2.17. The van der Waals surface area contributed by atoms with Crippen molar-refractivity contribution in [1.82, 2.24) is 0 Å². The molecule has 2 N–H and O–H groups in total. The van der Waals surface area contributed by atoms with E-state index in [9.17, 15) is 9.18 Å². The van der Waals surface area contributed by atoms with E-state index < -0.39 is 11.6 Å². The van der Waals surface area contributed by atoms with Crippen molar-refractivity contribution in [2.24, 2.45) is 0 Å². The van der Waals surface area contributed by atoms with Crippen LogP contribution in [0.25, 0.3) is 0 Å². The molecule has 0 saturated heterocycles. The zero-order valence-electron chi connectivity index (χ0n) is 8.34. The van der Waals surface area contributed by atoms with Gasteiger partial charge in [-0.2, -0.15) is 0 Å². The van der Waals surface area contributed by atoms with Gasteiger partial charge in [0, 0.05) is 10.2 Å². The lowest BCUT2D eigenvalue weighted by Crippen LogP contribution is -2.02. The fourth-order valence-corrected chi connectivity index (χ4v) is 2.96. The second kappa shape index (κ2) is 4.76. The summed E-state index contributed by atoms with van der Waals surface area (Å²) in [6.45, 7) is 0. The van der Waals surface area contributed by atoms with Crippen LogP contribution in [0.2, 0.25) is 4.34 Å². The predicted octanol–water partition coefficient (Wildman–Crippen LogP) is 4.12. The highest BCUT2D eigenvalue weighted by atomic mass is 79.9. The first kappa shape index (κ1) is 12.5. The van der Waals surface area contributed by atoms with Crippen LogP contribution in [0.1, 0.15) is 15.2 Å². The summed E-state index contributed by atoms with van der Waals surface area (Å²) < 4.78 is 14.6. The van der Waals surface area contributed by atoms with Gasteiger partial charge in [-0.05, 0) is 40.2 Å². The third kappa shape index (κ3) is 2.51. The Morgan fingerprint density at radius 2 is 2.12 bits per heavy atom. The summed E-state index contributed by atoms with van der Waals surface area (Å²) in [5, 5.41) is 0. The third-order valence-corrected chi connectivity index (χ3v) is 4.58. The van der Waals surface area contributed by atoms with E-state index in [0.29, 0.717) is 13.7 Å². The minimum absolute atomic E-state index is 0.00961. The molecule has 88 valence electrons. The van der Waals surface area contributed by atoms with Crippen LogP contribution in [0, 0.1) is 5.82 Å². The van der Waals surface area contributed by atoms with Crippen molar-refractivity contribution in [2.45, 2.75) is 0 Å². The van der Waals surface area contributed by atoms with Crippen molar-refractivity contribution < 1.29 is 9.18 Å². The molecule has 0 saturated carbocycles. The van der Waals surface area contributed by atoms with Crippen LogP contribution in [0.15, 0.2) is 28.7 Å². The highest BCUT2D eigenvalue weighted by molar-refractivity contribution is 9.10. The number of nitrogen functional groups attached to an aromatic ring is 1. The van der Waals surface area contributed by atoms with E-state index in [0.717, 1.165) is 17.4 Å². The Hall–Kier alpha value is -0.910. The van der Waals surface area contributed by atoms with E-state index in [1.165, 1.54) is 12.1 Å².